The molecule has 1 aromatic rings. The number of imide groups is 1. The van der Waals surface area contributed by atoms with Crippen molar-refractivity contribution in [2.75, 3.05) is 18.5 Å². The van der Waals surface area contributed by atoms with Crippen LogP contribution in [0.15, 0.2) is 23.9 Å². The first-order chi connectivity index (χ1) is 11.6. The lowest BCUT2D eigenvalue weighted by Gasteiger charge is -2.15. The van der Waals surface area contributed by atoms with Crippen LogP contribution < -0.4 is 5.32 Å². The van der Waals surface area contributed by atoms with Gasteiger partial charge in [-0.2, -0.15) is 13.2 Å². The van der Waals surface area contributed by atoms with E-state index in [0.29, 0.717) is 11.0 Å². The summed E-state index contributed by atoms with van der Waals surface area (Å²) in [6, 6.07) is 0.728. The molecule has 134 valence electrons. The number of benzene rings is 1. The quantitative estimate of drug-likeness (QED) is 0.459. The van der Waals surface area contributed by atoms with Gasteiger partial charge in [-0.1, -0.05) is 11.6 Å². The molecule has 0 spiro atoms. The number of alkyl halides is 3. The number of nitro groups is 1. The molecule has 1 heterocycles. The Bertz CT molecular complexity index is 794. The lowest BCUT2D eigenvalue weighted by atomic mass is 10.1. The van der Waals surface area contributed by atoms with E-state index >= 15 is 0 Å². The summed E-state index contributed by atoms with van der Waals surface area (Å²) in [5.74, 6) is -1.68. The standard InChI is InChI=1S/C13H9ClF3N3O5/c14-7-3-6(13(15,16)17)4-9(20(24)25)11(7)18-8-5-10(22)19(1-2-21)12(8)23/h3-5,18,21H,1-2H2. The number of hydrogen-bond acceptors (Lipinski definition) is 6. The van der Waals surface area contributed by atoms with E-state index in [1.807, 2.05) is 0 Å². The molecule has 0 radical (unpaired) electrons. The zero-order chi connectivity index (χ0) is 18.9. The molecule has 8 nitrogen and oxygen atoms in total. The first-order valence-electron chi connectivity index (χ1n) is 6.56. The van der Waals surface area contributed by atoms with Gasteiger partial charge in [-0.25, -0.2) is 0 Å². The first kappa shape index (κ1) is 18.7. The van der Waals surface area contributed by atoms with E-state index in [4.69, 9.17) is 16.7 Å². The predicted molar refractivity (Wildman–Crippen MR) is 78.6 cm³/mol. The SMILES string of the molecule is O=C1C=C(Nc2c(Cl)cc(C(F)(F)F)cc2[N+](=O)[O-])C(=O)N1CCO. The van der Waals surface area contributed by atoms with Crippen LogP contribution in [0.1, 0.15) is 5.56 Å². The van der Waals surface area contributed by atoms with Gasteiger partial charge in [0.05, 0.1) is 28.7 Å². The van der Waals surface area contributed by atoms with Crippen LogP contribution in [-0.2, 0) is 15.8 Å². The second kappa shape index (κ2) is 6.69. The average Bonchev–Trinajstić information content (AvgIpc) is 2.75. The van der Waals surface area contributed by atoms with Gasteiger partial charge in [-0.05, 0) is 6.07 Å². The van der Waals surface area contributed by atoms with Crippen molar-refractivity contribution in [2.24, 2.45) is 0 Å². The lowest BCUT2D eigenvalue weighted by Crippen LogP contribution is -2.34. The Kier molecular flexibility index (Phi) is 4.99. The van der Waals surface area contributed by atoms with E-state index in [0.717, 1.165) is 6.08 Å². The summed E-state index contributed by atoms with van der Waals surface area (Å²) in [5.41, 5.74) is -3.32. The molecule has 0 saturated carbocycles. The molecule has 1 aliphatic rings. The van der Waals surface area contributed by atoms with E-state index in [2.05, 4.69) is 5.32 Å². The topological polar surface area (TPSA) is 113 Å². The molecule has 0 unspecified atom stereocenters. The van der Waals surface area contributed by atoms with E-state index in [1.54, 1.807) is 0 Å². The van der Waals surface area contributed by atoms with E-state index in [-0.39, 0.29) is 12.6 Å². The normalized spacial score (nSPS) is 14.8. The Hall–Kier alpha value is -2.66. The number of hydrogen-bond donors (Lipinski definition) is 2. The molecule has 0 aromatic heterocycles. The van der Waals surface area contributed by atoms with Crippen LogP contribution in [0.5, 0.6) is 0 Å². The fourth-order valence-corrected chi connectivity index (χ4v) is 2.33. The summed E-state index contributed by atoms with van der Waals surface area (Å²) >= 11 is 5.70. The molecular weight excluding hydrogens is 371 g/mol. The second-order valence-corrected chi connectivity index (χ2v) is 5.22. The predicted octanol–water partition coefficient (Wildman–Crippen LogP) is 1.92. The van der Waals surface area contributed by atoms with E-state index in [9.17, 15) is 32.9 Å². The van der Waals surface area contributed by atoms with Gasteiger partial charge in [0.2, 0.25) is 0 Å². The summed E-state index contributed by atoms with van der Waals surface area (Å²) in [6.07, 6.45) is -4.06. The molecule has 0 aliphatic carbocycles. The van der Waals surface area contributed by atoms with Gasteiger partial charge in [-0.3, -0.25) is 24.6 Å². The number of nitro benzene ring substituents is 1. The molecule has 2 rings (SSSR count). The third-order valence-corrected chi connectivity index (χ3v) is 3.48. The number of nitrogens with zero attached hydrogens (tertiary/aromatic N) is 2. The van der Waals surface area contributed by atoms with Gasteiger partial charge in [-0.15, -0.1) is 0 Å². The lowest BCUT2D eigenvalue weighted by molar-refractivity contribution is -0.384. The Labute approximate surface area is 142 Å². The van der Waals surface area contributed by atoms with Crippen molar-refractivity contribution >= 4 is 34.8 Å². The number of β-amino-alcohol motifs (C(OH)–C–C–N with tert-alkyl or cyclic N) is 1. The Morgan fingerprint density at radius 3 is 2.48 bits per heavy atom. The fourth-order valence-electron chi connectivity index (χ4n) is 2.07. The highest BCUT2D eigenvalue weighted by Gasteiger charge is 2.36. The highest BCUT2D eigenvalue weighted by Crippen LogP contribution is 2.40. The molecular formula is C13H9ClF3N3O5. The number of amides is 2. The number of rotatable bonds is 5. The van der Waals surface area contributed by atoms with E-state index in [1.165, 1.54) is 0 Å². The maximum Gasteiger partial charge on any atom is 0.416 e. The van der Waals surface area contributed by atoms with Gasteiger partial charge in [0.15, 0.2) is 0 Å². The molecule has 0 fully saturated rings. The van der Waals surface area contributed by atoms with Crippen molar-refractivity contribution in [3.05, 3.63) is 44.6 Å². The zero-order valence-corrected chi connectivity index (χ0v) is 12.9. The summed E-state index contributed by atoms with van der Waals surface area (Å²) in [4.78, 5) is 34.2. The fraction of sp³-hybridized carbons (Fsp3) is 0.231. The third kappa shape index (κ3) is 3.72. The smallest absolute Gasteiger partial charge is 0.395 e. The summed E-state index contributed by atoms with van der Waals surface area (Å²) in [6.45, 7) is -0.804. The highest BCUT2D eigenvalue weighted by molar-refractivity contribution is 6.34. The molecule has 0 bridgehead atoms. The number of aliphatic hydroxyl groups excluding tert-OH is 1. The number of carbonyl (C=O) groups is 2. The molecule has 25 heavy (non-hydrogen) atoms. The molecule has 1 aliphatic heterocycles. The maximum absolute atomic E-state index is 12.8. The van der Waals surface area contributed by atoms with Crippen LogP contribution in [0.4, 0.5) is 24.5 Å². The van der Waals surface area contributed by atoms with Gasteiger partial charge in [0, 0.05) is 12.1 Å². The number of carbonyl (C=O) groups excluding carboxylic acids is 2. The van der Waals surface area contributed by atoms with Crippen molar-refractivity contribution in [3.8, 4) is 0 Å². The van der Waals surface area contributed by atoms with Crippen LogP contribution in [0, 0.1) is 10.1 Å². The number of nitrogens with one attached hydrogen (secondary N) is 1. The number of halogens is 4. The minimum atomic E-state index is -4.86. The van der Waals surface area contributed by atoms with Crippen molar-refractivity contribution in [3.63, 3.8) is 0 Å². The Morgan fingerprint density at radius 2 is 1.96 bits per heavy atom. The Morgan fingerprint density at radius 1 is 1.32 bits per heavy atom. The van der Waals surface area contributed by atoms with Crippen LogP contribution in [0.25, 0.3) is 0 Å². The first-order valence-corrected chi connectivity index (χ1v) is 6.94. The monoisotopic (exact) mass is 379 g/mol. The van der Waals surface area contributed by atoms with Gasteiger partial charge < -0.3 is 10.4 Å². The molecule has 1 aromatic carbocycles. The average molecular weight is 380 g/mol. The van der Waals surface area contributed by atoms with Gasteiger partial charge >= 0.3 is 6.18 Å². The third-order valence-electron chi connectivity index (χ3n) is 3.19. The van der Waals surface area contributed by atoms with Crippen LogP contribution >= 0.6 is 11.6 Å². The maximum atomic E-state index is 12.8. The van der Waals surface area contributed by atoms with Crippen LogP contribution in [-0.4, -0.2) is 39.9 Å². The van der Waals surface area contributed by atoms with Crippen LogP contribution in [0.3, 0.4) is 0 Å². The Balaban J connectivity index is 2.44. The van der Waals surface area contributed by atoms with E-state index < -0.39 is 57.2 Å². The van der Waals surface area contributed by atoms with Crippen molar-refractivity contribution < 1.29 is 32.8 Å². The summed E-state index contributed by atoms with van der Waals surface area (Å²) in [7, 11) is 0. The van der Waals surface area contributed by atoms with Crippen molar-refractivity contribution in [2.45, 2.75) is 6.18 Å². The second-order valence-electron chi connectivity index (χ2n) is 4.81. The minimum absolute atomic E-state index is 0.265. The molecule has 2 amide bonds. The summed E-state index contributed by atoms with van der Waals surface area (Å²) in [5, 5.41) is 21.4. The van der Waals surface area contributed by atoms with Crippen LogP contribution in [0.2, 0.25) is 5.02 Å². The van der Waals surface area contributed by atoms with Gasteiger partial charge in [0.25, 0.3) is 17.5 Å². The molecule has 0 atom stereocenters. The highest BCUT2D eigenvalue weighted by atomic mass is 35.5. The van der Waals surface area contributed by atoms with Gasteiger partial charge in [0.1, 0.15) is 11.4 Å². The molecule has 0 saturated heterocycles. The zero-order valence-electron chi connectivity index (χ0n) is 12.1. The number of anilines is 1. The van der Waals surface area contributed by atoms with Crippen molar-refractivity contribution in [1.29, 1.82) is 0 Å². The molecule has 12 heteroatoms. The summed E-state index contributed by atoms with van der Waals surface area (Å²) < 4.78 is 38.3. The molecule has 2 N–H and O–H groups in total. The number of aliphatic hydroxyl groups is 1. The van der Waals surface area contributed by atoms with Crippen molar-refractivity contribution in [1.82, 2.24) is 4.90 Å². The minimum Gasteiger partial charge on any atom is -0.395 e. The largest absolute Gasteiger partial charge is 0.416 e.